The Bertz CT molecular complexity index is 492. The second-order valence-corrected chi connectivity index (χ2v) is 6.30. The van der Waals surface area contributed by atoms with E-state index in [9.17, 15) is 4.79 Å². The average molecular weight is 272 g/mol. The van der Waals surface area contributed by atoms with E-state index in [-0.39, 0.29) is 5.92 Å². The fourth-order valence-corrected chi connectivity index (χ4v) is 3.70. The highest BCUT2D eigenvalue weighted by Gasteiger charge is 2.33. The first kappa shape index (κ1) is 13.6. The lowest BCUT2D eigenvalue weighted by Crippen LogP contribution is -2.41. The fourth-order valence-electron chi connectivity index (χ4n) is 3.70. The number of amides is 1. The highest BCUT2D eigenvalue weighted by atomic mass is 16.2. The van der Waals surface area contributed by atoms with Crippen molar-refractivity contribution >= 4 is 11.6 Å². The molecule has 1 aliphatic heterocycles. The summed E-state index contributed by atoms with van der Waals surface area (Å²) in [4.78, 5) is 17.1. The normalized spacial score (nSPS) is 23.1. The van der Waals surface area contributed by atoms with E-state index in [4.69, 9.17) is 0 Å². The highest BCUT2D eigenvalue weighted by molar-refractivity contribution is 5.96. The van der Waals surface area contributed by atoms with Gasteiger partial charge in [-0.25, -0.2) is 0 Å². The number of hydrogen-bond donors (Lipinski definition) is 0. The molecule has 0 radical (unpaired) electrons. The molecule has 1 heterocycles. The van der Waals surface area contributed by atoms with Crippen LogP contribution in [0.5, 0.6) is 0 Å². The average Bonchev–Trinajstić information content (AvgIpc) is 2.99. The maximum Gasteiger partial charge on any atom is 0.230 e. The first-order chi connectivity index (χ1) is 9.68. The monoisotopic (exact) mass is 272 g/mol. The molecule has 1 fully saturated rings. The van der Waals surface area contributed by atoms with Gasteiger partial charge in [0.1, 0.15) is 0 Å². The van der Waals surface area contributed by atoms with Crippen molar-refractivity contribution in [3.8, 4) is 0 Å². The molecule has 3 rings (SSSR count). The van der Waals surface area contributed by atoms with Gasteiger partial charge in [0.2, 0.25) is 5.91 Å². The van der Waals surface area contributed by atoms with Crippen LogP contribution in [0.2, 0.25) is 0 Å². The van der Waals surface area contributed by atoms with Crippen LogP contribution in [-0.4, -0.2) is 31.4 Å². The molecule has 2 aliphatic rings. The predicted molar refractivity (Wildman–Crippen MR) is 81.8 cm³/mol. The number of benzene rings is 1. The molecule has 3 nitrogen and oxygen atoms in total. The number of nitrogens with zero attached hydrogens (tertiary/aromatic N) is 2. The number of rotatable bonds is 2. The minimum Gasteiger partial charge on any atom is -0.312 e. The van der Waals surface area contributed by atoms with Gasteiger partial charge in [-0.3, -0.25) is 4.79 Å². The maximum absolute atomic E-state index is 12.8. The van der Waals surface area contributed by atoms with Crippen molar-refractivity contribution in [2.75, 3.05) is 25.5 Å². The summed E-state index contributed by atoms with van der Waals surface area (Å²) < 4.78 is 0. The van der Waals surface area contributed by atoms with Crippen LogP contribution < -0.4 is 4.90 Å². The van der Waals surface area contributed by atoms with Crippen LogP contribution >= 0.6 is 0 Å². The largest absolute Gasteiger partial charge is 0.312 e. The Kier molecular flexibility index (Phi) is 3.79. The molecule has 0 N–H and O–H groups in total. The molecule has 1 aromatic rings. The second-order valence-electron chi connectivity index (χ2n) is 6.30. The van der Waals surface area contributed by atoms with Gasteiger partial charge in [0, 0.05) is 24.2 Å². The van der Waals surface area contributed by atoms with Crippen molar-refractivity contribution in [3.05, 3.63) is 29.8 Å². The Morgan fingerprint density at radius 3 is 2.55 bits per heavy atom. The molecule has 20 heavy (non-hydrogen) atoms. The zero-order valence-electron chi connectivity index (χ0n) is 12.5. The van der Waals surface area contributed by atoms with Gasteiger partial charge in [-0.05, 0) is 45.0 Å². The number of carbonyl (C=O) groups is 1. The van der Waals surface area contributed by atoms with Crippen LogP contribution in [0.1, 0.15) is 43.7 Å². The van der Waals surface area contributed by atoms with E-state index < -0.39 is 0 Å². The summed E-state index contributed by atoms with van der Waals surface area (Å²) in [6, 6.07) is 8.84. The topological polar surface area (TPSA) is 23.6 Å². The lowest BCUT2D eigenvalue weighted by molar-refractivity contribution is -0.122. The van der Waals surface area contributed by atoms with E-state index in [0.717, 1.165) is 31.5 Å². The van der Waals surface area contributed by atoms with Gasteiger partial charge < -0.3 is 9.80 Å². The van der Waals surface area contributed by atoms with E-state index in [0.29, 0.717) is 11.9 Å². The van der Waals surface area contributed by atoms with E-state index in [2.05, 4.69) is 37.2 Å². The number of anilines is 1. The van der Waals surface area contributed by atoms with Gasteiger partial charge in [-0.1, -0.05) is 31.0 Å². The quantitative estimate of drug-likeness (QED) is 0.825. The Labute approximate surface area is 121 Å². The third-order valence-corrected chi connectivity index (χ3v) is 4.81. The first-order valence-corrected chi connectivity index (χ1v) is 7.75. The van der Waals surface area contributed by atoms with E-state index >= 15 is 0 Å². The highest BCUT2D eigenvalue weighted by Crippen LogP contribution is 2.38. The van der Waals surface area contributed by atoms with Crippen molar-refractivity contribution in [1.29, 1.82) is 0 Å². The third kappa shape index (κ3) is 2.35. The molecular formula is C17H24N2O. The third-order valence-electron chi connectivity index (χ3n) is 4.81. The molecule has 0 saturated heterocycles. The van der Waals surface area contributed by atoms with Gasteiger partial charge in [0.25, 0.3) is 0 Å². The molecule has 1 aliphatic carbocycles. The molecule has 3 heteroatoms. The number of carbonyl (C=O) groups excluding carboxylic acids is 1. The van der Waals surface area contributed by atoms with Crippen molar-refractivity contribution in [3.63, 3.8) is 0 Å². The smallest absolute Gasteiger partial charge is 0.230 e. The van der Waals surface area contributed by atoms with E-state index in [1.165, 1.54) is 18.4 Å². The predicted octanol–water partition coefficient (Wildman–Crippen LogP) is 3.22. The Morgan fingerprint density at radius 2 is 1.85 bits per heavy atom. The van der Waals surface area contributed by atoms with E-state index in [1.807, 2.05) is 11.0 Å². The van der Waals surface area contributed by atoms with Crippen LogP contribution in [0, 0.1) is 5.92 Å². The Hall–Kier alpha value is -1.35. The minimum atomic E-state index is 0.263. The summed E-state index contributed by atoms with van der Waals surface area (Å²) in [6.07, 6.45) is 5.62. The van der Waals surface area contributed by atoms with Gasteiger partial charge in [0.05, 0.1) is 0 Å². The summed E-state index contributed by atoms with van der Waals surface area (Å²) in [7, 11) is 4.24. The second kappa shape index (κ2) is 5.57. The summed E-state index contributed by atoms with van der Waals surface area (Å²) in [6.45, 7) is 0.856. The molecule has 0 bridgehead atoms. The summed E-state index contributed by atoms with van der Waals surface area (Å²) >= 11 is 0. The minimum absolute atomic E-state index is 0.263. The first-order valence-electron chi connectivity index (χ1n) is 7.75. The molecule has 0 spiro atoms. The molecule has 1 atom stereocenters. The molecule has 1 aromatic carbocycles. The Balaban J connectivity index is 1.90. The van der Waals surface area contributed by atoms with Crippen LogP contribution in [0.25, 0.3) is 0 Å². The lowest BCUT2D eigenvalue weighted by atomic mass is 9.94. The molecule has 0 aromatic heterocycles. The van der Waals surface area contributed by atoms with Crippen molar-refractivity contribution in [2.24, 2.45) is 5.92 Å². The van der Waals surface area contributed by atoms with Crippen LogP contribution in [0.3, 0.4) is 0 Å². The summed E-state index contributed by atoms with van der Waals surface area (Å²) in [5.41, 5.74) is 2.43. The van der Waals surface area contributed by atoms with Crippen LogP contribution in [0.4, 0.5) is 5.69 Å². The van der Waals surface area contributed by atoms with Gasteiger partial charge in [-0.2, -0.15) is 0 Å². The zero-order chi connectivity index (χ0) is 14.1. The molecule has 1 amide bonds. The lowest BCUT2D eigenvalue weighted by Gasteiger charge is -2.38. The van der Waals surface area contributed by atoms with Crippen molar-refractivity contribution < 1.29 is 4.79 Å². The number of para-hydroxylation sites is 1. The SMILES string of the molecule is CN(C)C1CCN(C(=O)C2CCCC2)c2ccccc21. The molecule has 1 saturated carbocycles. The molecule has 1 unspecified atom stereocenters. The zero-order valence-corrected chi connectivity index (χ0v) is 12.5. The molecule has 108 valence electrons. The fraction of sp³-hybridized carbons (Fsp3) is 0.588. The van der Waals surface area contributed by atoms with Crippen LogP contribution in [-0.2, 0) is 4.79 Å². The van der Waals surface area contributed by atoms with Gasteiger partial charge >= 0.3 is 0 Å². The molecular weight excluding hydrogens is 248 g/mol. The van der Waals surface area contributed by atoms with Gasteiger partial charge in [0.15, 0.2) is 0 Å². The number of hydrogen-bond acceptors (Lipinski definition) is 2. The Morgan fingerprint density at radius 1 is 1.15 bits per heavy atom. The van der Waals surface area contributed by atoms with E-state index in [1.54, 1.807) is 0 Å². The van der Waals surface area contributed by atoms with Crippen LogP contribution in [0.15, 0.2) is 24.3 Å². The van der Waals surface area contributed by atoms with Crippen molar-refractivity contribution in [1.82, 2.24) is 4.90 Å². The van der Waals surface area contributed by atoms with Crippen molar-refractivity contribution in [2.45, 2.75) is 38.1 Å². The number of fused-ring (bicyclic) bond motifs is 1. The van der Waals surface area contributed by atoms with Gasteiger partial charge in [-0.15, -0.1) is 0 Å². The summed E-state index contributed by atoms with van der Waals surface area (Å²) in [5, 5.41) is 0. The summed E-state index contributed by atoms with van der Waals surface area (Å²) in [5.74, 6) is 0.617. The standard InChI is InChI=1S/C17H24N2O/c1-18(2)15-11-12-19(16-10-6-5-9-14(15)16)17(20)13-7-3-4-8-13/h5-6,9-10,13,15H,3-4,7-8,11-12H2,1-2H3. The maximum atomic E-state index is 12.8.